The SMILES string of the molecule is CC(C)(CNC(=O)C1(N)CCOCC1)Sc1ccc(Br)cc1. The Balaban J connectivity index is 1.88. The molecule has 0 atom stereocenters. The van der Waals surface area contributed by atoms with Gasteiger partial charge in [-0.15, -0.1) is 11.8 Å². The summed E-state index contributed by atoms with van der Waals surface area (Å²) < 4.78 is 6.24. The molecule has 1 saturated heterocycles. The summed E-state index contributed by atoms with van der Waals surface area (Å²) in [5, 5.41) is 3.02. The number of amides is 1. The molecular formula is C16H23BrN2O2S. The summed E-state index contributed by atoms with van der Waals surface area (Å²) >= 11 is 5.18. The van der Waals surface area contributed by atoms with Crippen molar-refractivity contribution in [2.75, 3.05) is 19.8 Å². The van der Waals surface area contributed by atoms with Gasteiger partial charge in [0.15, 0.2) is 0 Å². The number of ether oxygens (including phenoxy) is 1. The number of halogens is 1. The molecule has 0 bridgehead atoms. The molecule has 122 valence electrons. The Morgan fingerprint density at radius 2 is 1.95 bits per heavy atom. The molecule has 4 nitrogen and oxygen atoms in total. The Hall–Kier alpha value is -0.560. The maximum Gasteiger partial charge on any atom is 0.240 e. The van der Waals surface area contributed by atoms with E-state index in [4.69, 9.17) is 10.5 Å². The Labute approximate surface area is 144 Å². The van der Waals surface area contributed by atoms with E-state index in [9.17, 15) is 4.79 Å². The molecule has 1 aromatic carbocycles. The number of nitrogens with two attached hydrogens (primary N) is 1. The zero-order chi connectivity index (χ0) is 16.2. The first-order valence-corrected chi connectivity index (χ1v) is 9.01. The van der Waals surface area contributed by atoms with E-state index >= 15 is 0 Å². The summed E-state index contributed by atoms with van der Waals surface area (Å²) in [5.74, 6) is -0.0692. The number of rotatable bonds is 5. The summed E-state index contributed by atoms with van der Waals surface area (Å²) in [7, 11) is 0. The van der Waals surface area contributed by atoms with Gasteiger partial charge in [-0.1, -0.05) is 15.9 Å². The number of benzene rings is 1. The third kappa shape index (κ3) is 4.98. The molecule has 0 aliphatic carbocycles. The normalized spacial score (nSPS) is 18.0. The molecule has 0 unspecified atom stereocenters. The van der Waals surface area contributed by atoms with Crippen LogP contribution < -0.4 is 11.1 Å². The molecule has 1 fully saturated rings. The summed E-state index contributed by atoms with van der Waals surface area (Å²) in [6.07, 6.45) is 1.16. The third-order valence-corrected chi connectivity index (χ3v) is 5.45. The fraction of sp³-hybridized carbons (Fsp3) is 0.562. The van der Waals surface area contributed by atoms with Crippen LogP contribution in [0.2, 0.25) is 0 Å². The zero-order valence-electron chi connectivity index (χ0n) is 13.0. The van der Waals surface area contributed by atoms with Crippen LogP contribution in [0, 0.1) is 0 Å². The van der Waals surface area contributed by atoms with E-state index < -0.39 is 5.54 Å². The van der Waals surface area contributed by atoms with Crippen LogP contribution in [0.3, 0.4) is 0 Å². The first kappa shape index (κ1) is 17.8. The number of hydrogen-bond acceptors (Lipinski definition) is 4. The highest BCUT2D eigenvalue weighted by Crippen LogP contribution is 2.32. The van der Waals surface area contributed by atoms with E-state index in [0.717, 1.165) is 4.47 Å². The van der Waals surface area contributed by atoms with Crippen molar-refractivity contribution in [2.45, 2.75) is 41.9 Å². The number of carbonyl (C=O) groups excluding carboxylic acids is 1. The minimum atomic E-state index is -0.781. The van der Waals surface area contributed by atoms with E-state index in [1.165, 1.54) is 4.90 Å². The van der Waals surface area contributed by atoms with Gasteiger partial charge in [0.1, 0.15) is 0 Å². The molecule has 2 rings (SSSR count). The van der Waals surface area contributed by atoms with Gasteiger partial charge in [-0.25, -0.2) is 0 Å². The second-order valence-corrected chi connectivity index (χ2v) is 8.96. The molecule has 0 aromatic heterocycles. The summed E-state index contributed by atoms with van der Waals surface area (Å²) in [6, 6.07) is 8.18. The third-order valence-electron chi connectivity index (χ3n) is 3.72. The highest BCUT2D eigenvalue weighted by Gasteiger charge is 2.36. The Bertz CT molecular complexity index is 513. The van der Waals surface area contributed by atoms with Crippen molar-refractivity contribution < 1.29 is 9.53 Å². The topological polar surface area (TPSA) is 64.4 Å². The van der Waals surface area contributed by atoms with E-state index in [-0.39, 0.29) is 10.7 Å². The number of thioether (sulfide) groups is 1. The van der Waals surface area contributed by atoms with Gasteiger partial charge < -0.3 is 15.8 Å². The van der Waals surface area contributed by atoms with Crippen molar-refractivity contribution in [2.24, 2.45) is 5.73 Å². The van der Waals surface area contributed by atoms with Crippen molar-refractivity contribution in [3.05, 3.63) is 28.7 Å². The van der Waals surface area contributed by atoms with Gasteiger partial charge >= 0.3 is 0 Å². The molecule has 1 heterocycles. The standard InChI is InChI=1S/C16H23BrN2O2S/c1-15(2,22-13-5-3-12(17)4-6-13)11-19-14(20)16(18)7-9-21-10-8-16/h3-6H,7-11,18H2,1-2H3,(H,19,20). The largest absolute Gasteiger partial charge is 0.381 e. The Morgan fingerprint density at radius 3 is 2.55 bits per heavy atom. The van der Waals surface area contributed by atoms with Crippen molar-refractivity contribution >= 4 is 33.6 Å². The predicted octanol–water partition coefficient (Wildman–Crippen LogP) is 2.94. The fourth-order valence-electron chi connectivity index (χ4n) is 2.29. The van der Waals surface area contributed by atoms with Crippen LogP contribution in [0.5, 0.6) is 0 Å². The van der Waals surface area contributed by atoms with Gasteiger partial charge in [-0.3, -0.25) is 4.79 Å². The minimum Gasteiger partial charge on any atom is -0.381 e. The predicted molar refractivity (Wildman–Crippen MR) is 94.1 cm³/mol. The van der Waals surface area contributed by atoms with E-state index in [1.54, 1.807) is 11.8 Å². The summed E-state index contributed by atoms with van der Waals surface area (Å²) in [6.45, 7) is 5.93. The van der Waals surface area contributed by atoms with Crippen molar-refractivity contribution in [1.82, 2.24) is 5.32 Å². The lowest BCUT2D eigenvalue weighted by atomic mass is 9.90. The lowest BCUT2D eigenvalue weighted by molar-refractivity contribution is -0.129. The van der Waals surface area contributed by atoms with Gasteiger partial charge in [0.25, 0.3) is 0 Å². The van der Waals surface area contributed by atoms with E-state index in [1.807, 2.05) is 12.1 Å². The highest BCUT2D eigenvalue weighted by molar-refractivity contribution is 9.10. The Kier molecular flexibility index (Phi) is 5.94. The van der Waals surface area contributed by atoms with Gasteiger partial charge in [-0.05, 0) is 51.0 Å². The van der Waals surface area contributed by atoms with E-state index in [2.05, 4.69) is 47.2 Å². The monoisotopic (exact) mass is 386 g/mol. The smallest absolute Gasteiger partial charge is 0.240 e. The molecule has 0 radical (unpaired) electrons. The molecular weight excluding hydrogens is 364 g/mol. The summed E-state index contributed by atoms with van der Waals surface area (Å²) in [4.78, 5) is 13.5. The Morgan fingerprint density at radius 1 is 1.36 bits per heavy atom. The van der Waals surface area contributed by atoms with Gasteiger partial charge in [0.2, 0.25) is 5.91 Å². The molecule has 22 heavy (non-hydrogen) atoms. The average Bonchev–Trinajstić information content (AvgIpc) is 2.48. The summed E-state index contributed by atoms with van der Waals surface area (Å²) in [5.41, 5.74) is 5.42. The van der Waals surface area contributed by atoms with Crippen LogP contribution in [0.25, 0.3) is 0 Å². The number of hydrogen-bond donors (Lipinski definition) is 2. The quantitative estimate of drug-likeness (QED) is 0.763. The van der Waals surface area contributed by atoms with Gasteiger partial charge in [-0.2, -0.15) is 0 Å². The van der Waals surface area contributed by atoms with Crippen LogP contribution in [-0.2, 0) is 9.53 Å². The van der Waals surface area contributed by atoms with Crippen molar-refractivity contribution in [3.8, 4) is 0 Å². The first-order valence-electron chi connectivity index (χ1n) is 7.40. The molecule has 1 aromatic rings. The lowest BCUT2D eigenvalue weighted by Gasteiger charge is -2.33. The van der Waals surface area contributed by atoms with Gasteiger partial charge in [0, 0.05) is 33.9 Å². The highest BCUT2D eigenvalue weighted by atomic mass is 79.9. The lowest BCUT2D eigenvalue weighted by Crippen LogP contribution is -2.58. The molecule has 3 N–H and O–H groups in total. The molecule has 1 aliphatic rings. The molecule has 0 spiro atoms. The van der Waals surface area contributed by atoms with Crippen LogP contribution in [0.4, 0.5) is 0 Å². The maximum absolute atomic E-state index is 12.4. The van der Waals surface area contributed by atoms with Crippen LogP contribution in [0.1, 0.15) is 26.7 Å². The van der Waals surface area contributed by atoms with Crippen LogP contribution in [-0.4, -0.2) is 36.0 Å². The molecule has 0 saturated carbocycles. The van der Waals surface area contributed by atoms with E-state index in [0.29, 0.717) is 32.6 Å². The minimum absolute atomic E-state index is 0.0692. The fourth-order valence-corrected chi connectivity index (χ4v) is 3.61. The second kappa shape index (κ2) is 7.34. The molecule has 6 heteroatoms. The maximum atomic E-state index is 12.4. The van der Waals surface area contributed by atoms with Crippen LogP contribution >= 0.6 is 27.7 Å². The van der Waals surface area contributed by atoms with Crippen molar-refractivity contribution in [3.63, 3.8) is 0 Å². The molecule has 1 aliphatic heterocycles. The average molecular weight is 387 g/mol. The molecule has 1 amide bonds. The number of nitrogens with one attached hydrogen (secondary N) is 1. The first-order chi connectivity index (χ1) is 10.3. The van der Waals surface area contributed by atoms with Gasteiger partial charge in [0.05, 0.1) is 5.54 Å². The van der Waals surface area contributed by atoms with Crippen molar-refractivity contribution in [1.29, 1.82) is 0 Å². The van der Waals surface area contributed by atoms with Crippen LogP contribution in [0.15, 0.2) is 33.6 Å². The second-order valence-electron chi connectivity index (χ2n) is 6.27. The number of carbonyl (C=O) groups is 1. The zero-order valence-corrected chi connectivity index (χ0v) is 15.4.